The van der Waals surface area contributed by atoms with Gasteiger partial charge in [0.1, 0.15) is 5.82 Å². The Morgan fingerprint density at radius 2 is 1.74 bits per heavy atom. The van der Waals surface area contributed by atoms with Gasteiger partial charge in [-0.1, -0.05) is 13.8 Å². The number of anilines is 1. The van der Waals surface area contributed by atoms with E-state index in [4.69, 9.17) is 0 Å². The van der Waals surface area contributed by atoms with Gasteiger partial charge in [0.25, 0.3) is 0 Å². The molecule has 2 nitrogen and oxygen atoms in total. The fourth-order valence-corrected chi connectivity index (χ4v) is 2.92. The Hall–Kier alpha value is -1.26. The molecule has 0 aromatic carbocycles. The zero-order chi connectivity index (χ0) is 14.0. The third-order valence-corrected chi connectivity index (χ3v) is 3.62. The van der Waals surface area contributed by atoms with Crippen LogP contribution in [0, 0.1) is 11.8 Å². The Morgan fingerprint density at radius 1 is 1.11 bits per heavy atom. The van der Waals surface area contributed by atoms with E-state index < -0.39 is 11.7 Å². The first-order valence-electron chi connectivity index (χ1n) is 6.64. The number of nitrogens with one attached hydrogen (secondary N) is 1. The summed E-state index contributed by atoms with van der Waals surface area (Å²) < 4.78 is 37.3. The van der Waals surface area contributed by atoms with E-state index in [0.29, 0.717) is 23.7 Å². The van der Waals surface area contributed by atoms with Crippen molar-refractivity contribution in [3.05, 3.63) is 23.9 Å². The summed E-state index contributed by atoms with van der Waals surface area (Å²) in [6, 6.07) is 2.79. The maximum absolute atomic E-state index is 12.4. The molecule has 1 fully saturated rings. The van der Waals surface area contributed by atoms with Crippen LogP contribution < -0.4 is 5.32 Å². The lowest BCUT2D eigenvalue weighted by Crippen LogP contribution is -2.30. The van der Waals surface area contributed by atoms with Crippen molar-refractivity contribution >= 4 is 5.82 Å². The van der Waals surface area contributed by atoms with Gasteiger partial charge in [0, 0.05) is 12.2 Å². The van der Waals surface area contributed by atoms with Crippen LogP contribution in [0.1, 0.15) is 38.7 Å². The van der Waals surface area contributed by atoms with E-state index in [-0.39, 0.29) is 0 Å². The average Bonchev–Trinajstić information content (AvgIpc) is 2.26. The first-order chi connectivity index (χ1) is 8.84. The SMILES string of the molecule is C[C@@H]1CC(Nc2ccc(C(F)(F)F)cn2)C[C@H](C)C1. The summed E-state index contributed by atoms with van der Waals surface area (Å²) in [5.41, 5.74) is -0.705. The second-order valence-electron chi connectivity index (χ2n) is 5.69. The van der Waals surface area contributed by atoms with E-state index in [2.05, 4.69) is 24.1 Å². The van der Waals surface area contributed by atoms with Gasteiger partial charge in [0.05, 0.1) is 5.56 Å². The number of nitrogens with zero attached hydrogens (tertiary/aromatic N) is 1. The number of pyridine rings is 1. The zero-order valence-electron chi connectivity index (χ0n) is 11.2. The Kier molecular flexibility index (Phi) is 4.02. The predicted octanol–water partition coefficient (Wildman–Crippen LogP) is 4.34. The van der Waals surface area contributed by atoms with Crippen molar-refractivity contribution in [1.29, 1.82) is 0 Å². The molecule has 2 rings (SSSR count). The molecule has 0 aliphatic heterocycles. The molecule has 19 heavy (non-hydrogen) atoms. The van der Waals surface area contributed by atoms with Crippen LogP contribution >= 0.6 is 0 Å². The van der Waals surface area contributed by atoms with E-state index in [9.17, 15) is 13.2 Å². The van der Waals surface area contributed by atoms with Crippen LogP contribution in [-0.2, 0) is 6.18 Å². The molecule has 1 unspecified atom stereocenters. The average molecular weight is 272 g/mol. The van der Waals surface area contributed by atoms with Crippen molar-refractivity contribution in [2.75, 3.05) is 5.32 Å². The molecule has 1 aliphatic rings. The molecule has 1 N–H and O–H groups in total. The minimum absolute atomic E-state index is 0.308. The summed E-state index contributed by atoms with van der Waals surface area (Å²) >= 11 is 0. The highest BCUT2D eigenvalue weighted by Gasteiger charge is 2.31. The lowest BCUT2D eigenvalue weighted by molar-refractivity contribution is -0.137. The second kappa shape index (κ2) is 5.39. The van der Waals surface area contributed by atoms with Gasteiger partial charge in [-0.3, -0.25) is 0 Å². The third-order valence-electron chi connectivity index (χ3n) is 3.62. The summed E-state index contributed by atoms with van der Waals surface area (Å²) in [6.45, 7) is 4.43. The van der Waals surface area contributed by atoms with Gasteiger partial charge in [-0.15, -0.1) is 0 Å². The van der Waals surface area contributed by atoms with Crippen molar-refractivity contribution in [3.63, 3.8) is 0 Å². The molecule has 0 radical (unpaired) electrons. The van der Waals surface area contributed by atoms with Crippen molar-refractivity contribution in [2.45, 2.75) is 45.3 Å². The quantitative estimate of drug-likeness (QED) is 0.866. The van der Waals surface area contributed by atoms with Gasteiger partial charge in [0.2, 0.25) is 0 Å². The minimum atomic E-state index is -4.32. The number of halogens is 3. The summed E-state index contributed by atoms with van der Waals surface area (Å²) in [5, 5.41) is 3.24. The van der Waals surface area contributed by atoms with Crippen molar-refractivity contribution in [3.8, 4) is 0 Å². The van der Waals surface area contributed by atoms with Gasteiger partial charge in [-0.25, -0.2) is 4.98 Å². The summed E-state index contributed by atoms with van der Waals surface area (Å²) in [6.07, 6.45) is -0.115. The maximum Gasteiger partial charge on any atom is 0.417 e. The van der Waals surface area contributed by atoms with Gasteiger partial charge in [-0.05, 0) is 43.2 Å². The van der Waals surface area contributed by atoms with Crippen LogP contribution in [0.5, 0.6) is 0 Å². The standard InChI is InChI=1S/C14H19F3N2/c1-9-5-10(2)7-12(6-9)19-13-4-3-11(8-18-13)14(15,16)17/h3-4,8-10,12H,5-7H2,1-2H3,(H,18,19)/t9-,10+,12?. The highest BCUT2D eigenvalue weighted by molar-refractivity contribution is 5.37. The Bertz CT molecular complexity index is 404. The molecule has 1 aromatic rings. The lowest BCUT2D eigenvalue weighted by Gasteiger charge is -2.32. The Labute approximate surface area is 111 Å². The minimum Gasteiger partial charge on any atom is -0.367 e. The van der Waals surface area contributed by atoms with Crippen molar-refractivity contribution in [1.82, 2.24) is 4.98 Å². The van der Waals surface area contributed by atoms with Crippen LogP contribution in [-0.4, -0.2) is 11.0 Å². The molecule has 1 heterocycles. The molecule has 0 spiro atoms. The molecule has 0 bridgehead atoms. The molecule has 0 amide bonds. The van der Waals surface area contributed by atoms with Crippen LogP contribution in [0.4, 0.5) is 19.0 Å². The van der Waals surface area contributed by atoms with E-state index in [0.717, 1.165) is 25.1 Å². The van der Waals surface area contributed by atoms with Gasteiger partial charge < -0.3 is 5.32 Å². The molecule has 106 valence electrons. The molecule has 5 heteroatoms. The lowest BCUT2D eigenvalue weighted by atomic mass is 9.80. The van der Waals surface area contributed by atoms with Crippen molar-refractivity contribution in [2.24, 2.45) is 11.8 Å². The first kappa shape index (κ1) is 14.2. The topological polar surface area (TPSA) is 24.9 Å². The van der Waals surface area contributed by atoms with E-state index in [1.54, 1.807) is 0 Å². The molecule has 1 aromatic heterocycles. The zero-order valence-corrected chi connectivity index (χ0v) is 11.2. The Balaban J connectivity index is 1.99. The van der Waals surface area contributed by atoms with Crippen LogP contribution in [0.2, 0.25) is 0 Å². The normalized spacial score (nSPS) is 28.2. The molecular weight excluding hydrogens is 253 g/mol. The number of hydrogen-bond donors (Lipinski definition) is 1. The predicted molar refractivity (Wildman–Crippen MR) is 68.8 cm³/mol. The fourth-order valence-electron chi connectivity index (χ4n) is 2.92. The monoisotopic (exact) mass is 272 g/mol. The van der Waals surface area contributed by atoms with Gasteiger partial charge in [0.15, 0.2) is 0 Å². The number of alkyl halides is 3. The second-order valence-corrected chi connectivity index (χ2v) is 5.69. The molecular formula is C14H19F3N2. The molecule has 0 saturated heterocycles. The summed E-state index contributed by atoms with van der Waals surface area (Å²) in [4.78, 5) is 3.86. The molecule has 1 saturated carbocycles. The third kappa shape index (κ3) is 3.85. The Morgan fingerprint density at radius 3 is 2.21 bits per heavy atom. The van der Waals surface area contributed by atoms with E-state index in [1.807, 2.05) is 0 Å². The van der Waals surface area contributed by atoms with Gasteiger partial charge >= 0.3 is 6.18 Å². The fraction of sp³-hybridized carbons (Fsp3) is 0.643. The maximum atomic E-state index is 12.4. The van der Waals surface area contributed by atoms with E-state index in [1.165, 1.54) is 12.5 Å². The summed E-state index contributed by atoms with van der Waals surface area (Å²) in [7, 11) is 0. The van der Waals surface area contributed by atoms with Crippen LogP contribution in [0.15, 0.2) is 18.3 Å². The highest BCUT2D eigenvalue weighted by atomic mass is 19.4. The van der Waals surface area contributed by atoms with Crippen LogP contribution in [0.25, 0.3) is 0 Å². The van der Waals surface area contributed by atoms with Gasteiger partial charge in [-0.2, -0.15) is 13.2 Å². The molecule has 1 aliphatic carbocycles. The number of rotatable bonds is 2. The number of hydrogen-bond acceptors (Lipinski definition) is 2. The molecule has 3 atom stereocenters. The summed E-state index contributed by atoms with van der Waals surface area (Å²) in [5.74, 6) is 1.82. The largest absolute Gasteiger partial charge is 0.417 e. The smallest absolute Gasteiger partial charge is 0.367 e. The first-order valence-corrected chi connectivity index (χ1v) is 6.64. The van der Waals surface area contributed by atoms with E-state index >= 15 is 0 Å². The number of aromatic nitrogens is 1. The van der Waals surface area contributed by atoms with Crippen molar-refractivity contribution < 1.29 is 13.2 Å². The highest BCUT2D eigenvalue weighted by Crippen LogP contribution is 2.31. The van der Waals surface area contributed by atoms with Crippen LogP contribution in [0.3, 0.4) is 0 Å².